The van der Waals surface area contributed by atoms with Gasteiger partial charge in [-0.3, -0.25) is 0 Å². The minimum Gasteiger partial charge on any atom is -0.467 e. The van der Waals surface area contributed by atoms with Crippen LogP contribution in [0.5, 0.6) is 6.01 Å². The van der Waals surface area contributed by atoms with Crippen molar-refractivity contribution in [3.05, 3.63) is 17.9 Å². The van der Waals surface area contributed by atoms with Gasteiger partial charge in [-0.05, 0) is 11.6 Å². The number of halogens is 1. The van der Waals surface area contributed by atoms with Gasteiger partial charge in [0.15, 0.2) is 0 Å². The van der Waals surface area contributed by atoms with E-state index < -0.39 is 0 Å². The average molecular weight is 201 g/mol. The summed E-state index contributed by atoms with van der Waals surface area (Å²) in [6.07, 6.45) is 1.68. The summed E-state index contributed by atoms with van der Waals surface area (Å²) in [5.74, 6) is 0.372. The minimum absolute atomic E-state index is 0.0958. The number of anilines is 1. The van der Waals surface area contributed by atoms with Crippen LogP contribution in [0.2, 0.25) is 5.28 Å². The second-order valence-electron chi connectivity index (χ2n) is 2.08. The Morgan fingerprint density at radius 1 is 1.54 bits per heavy atom. The predicted octanol–water partition coefficient (Wildman–Crippen LogP) is 1.13. The monoisotopic (exact) mass is 200 g/mol. The summed E-state index contributed by atoms with van der Waals surface area (Å²) in [4.78, 5) is 11.4. The number of nitrogens with zero attached hydrogens (tertiary/aromatic N) is 3. The molecule has 0 saturated carbocycles. The van der Waals surface area contributed by atoms with Gasteiger partial charge < -0.3 is 10.1 Å². The molecule has 1 heterocycles. The molecule has 1 N–H and O–H groups in total. The molecule has 70 valence electrons. The zero-order valence-electron chi connectivity index (χ0n) is 7.12. The standard InChI is InChI=1S/C7H9ClN4O/c1-3-4-9-6-10-5(8)11-7(12-6)13-2/h3H,1,4H2,2H3,(H,9,10,11,12). The average Bonchev–Trinajstić information content (AvgIpc) is 2.14. The first-order valence-corrected chi connectivity index (χ1v) is 3.94. The Morgan fingerprint density at radius 3 is 2.92 bits per heavy atom. The van der Waals surface area contributed by atoms with Crippen molar-refractivity contribution in [2.45, 2.75) is 0 Å². The first-order valence-electron chi connectivity index (χ1n) is 3.56. The van der Waals surface area contributed by atoms with Crippen LogP contribution in [0.1, 0.15) is 0 Å². The fourth-order valence-corrected chi connectivity index (χ4v) is 0.818. The topological polar surface area (TPSA) is 59.9 Å². The van der Waals surface area contributed by atoms with E-state index in [1.54, 1.807) is 6.08 Å². The molecule has 1 rings (SSSR count). The molecule has 0 aromatic carbocycles. The highest BCUT2D eigenvalue weighted by Gasteiger charge is 2.02. The third kappa shape index (κ3) is 2.87. The molecular weight excluding hydrogens is 192 g/mol. The fraction of sp³-hybridized carbons (Fsp3) is 0.286. The van der Waals surface area contributed by atoms with Gasteiger partial charge in [-0.15, -0.1) is 6.58 Å². The Bertz CT molecular complexity index is 305. The maximum absolute atomic E-state index is 5.60. The van der Waals surface area contributed by atoms with Gasteiger partial charge in [-0.25, -0.2) is 0 Å². The summed E-state index contributed by atoms with van der Waals surface area (Å²) in [5, 5.41) is 2.96. The number of rotatable bonds is 4. The highest BCUT2D eigenvalue weighted by molar-refractivity contribution is 6.28. The molecule has 0 aliphatic carbocycles. The van der Waals surface area contributed by atoms with E-state index in [1.807, 2.05) is 0 Å². The van der Waals surface area contributed by atoms with E-state index in [0.717, 1.165) is 0 Å². The highest BCUT2D eigenvalue weighted by Crippen LogP contribution is 2.10. The lowest BCUT2D eigenvalue weighted by molar-refractivity contribution is 0.379. The second-order valence-corrected chi connectivity index (χ2v) is 2.42. The van der Waals surface area contributed by atoms with Crippen molar-refractivity contribution in [1.82, 2.24) is 15.0 Å². The highest BCUT2D eigenvalue weighted by atomic mass is 35.5. The van der Waals surface area contributed by atoms with Gasteiger partial charge in [0.05, 0.1) is 7.11 Å². The van der Waals surface area contributed by atoms with Crippen molar-refractivity contribution < 1.29 is 4.74 Å². The molecule has 0 amide bonds. The lowest BCUT2D eigenvalue weighted by Crippen LogP contribution is -2.05. The summed E-state index contributed by atoms with van der Waals surface area (Å²) < 4.78 is 4.80. The molecule has 1 aromatic rings. The number of nitrogens with one attached hydrogen (secondary N) is 1. The zero-order chi connectivity index (χ0) is 9.68. The Labute approximate surface area is 80.8 Å². The van der Waals surface area contributed by atoms with Crippen LogP contribution < -0.4 is 10.1 Å². The second kappa shape index (κ2) is 4.61. The van der Waals surface area contributed by atoms with Crippen LogP contribution in [0.25, 0.3) is 0 Å². The number of hydrogen-bond donors (Lipinski definition) is 1. The first kappa shape index (κ1) is 9.73. The Kier molecular flexibility index (Phi) is 3.45. The van der Waals surface area contributed by atoms with E-state index in [9.17, 15) is 0 Å². The number of methoxy groups -OCH3 is 1. The molecule has 5 nitrogen and oxygen atoms in total. The van der Waals surface area contributed by atoms with Gasteiger partial charge in [0.1, 0.15) is 0 Å². The Hall–Kier alpha value is -1.36. The van der Waals surface area contributed by atoms with Crippen molar-refractivity contribution in [3.63, 3.8) is 0 Å². The van der Waals surface area contributed by atoms with Crippen molar-refractivity contribution in [3.8, 4) is 6.01 Å². The molecule has 0 aliphatic heterocycles. The summed E-state index contributed by atoms with van der Waals surface area (Å²) in [7, 11) is 1.46. The lowest BCUT2D eigenvalue weighted by Gasteiger charge is -2.02. The van der Waals surface area contributed by atoms with E-state index in [-0.39, 0.29) is 11.3 Å². The zero-order valence-corrected chi connectivity index (χ0v) is 7.88. The smallest absolute Gasteiger partial charge is 0.322 e. The third-order valence-corrected chi connectivity index (χ3v) is 1.34. The molecule has 0 radical (unpaired) electrons. The normalized spacial score (nSPS) is 9.38. The van der Waals surface area contributed by atoms with Crippen LogP contribution in [-0.2, 0) is 0 Å². The van der Waals surface area contributed by atoms with Gasteiger partial charge in [-0.1, -0.05) is 6.08 Å². The lowest BCUT2D eigenvalue weighted by atomic mass is 10.6. The van der Waals surface area contributed by atoms with E-state index in [1.165, 1.54) is 7.11 Å². The number of ether oxygens (including phenoxy) is 1. The number of hydrogen-bond acceptors (Lipinski definition) is 5. The first-order chi connectivity index (χ1) is 6.26. The van der Waals surface area contributed by atoms with Gasteiger partial charge in [0.25, 0.3) is 0 Å². The predicted molar refractivity (Wildman–Crippen MR) is 50.1 cm³/mol. The summed E-state index contributed by atoms with van der Waals surface area (Å²) >= 11 is 5.60. The maximum atomic E-state index is 5.60. The fourth-order valence-electron chi connectivity index (χ4n) is 0.666. The van der Waals surface area contributed by atoms with Crippen LogP contribution in [0.4, 0.5) is 5.95 Å². The summed E-state index contributed by atoms with van der Waals surface area (Å²) in [6, 6.07) is 0.187. The molecule has 0 fully saturated rings. The number of aromatic nitrogens is 3. The van der Waals surface area contributed by atoms with Crippen LogP contribution in [0.15, 0.2) is 12.7 Å². The van der Waals surface area contributed by atoms with Crippen LogP contribution in [0.3, 0.4) is 0 Å². The van der Waals surface area contributed by atoms with E-state index in [4.69, 9.17) is 16.3 Å². The van der Waals surface area contributed by atoms with Gasteiger partial charge in [0, 0.05) is 6.54 Å². The van der Waals surface area contributed by atoms with Crippen molar-refractivity contribution in [2.24, 2.45) is 0 Å². The molecule has 0 bridgehead atoms. The molecule has 0 saturated heterocycles. The molecule has 1 aromatic heterocycles. The van der Waals surface area contributed by atoms with E-state index in [0.29, 0.717) is 12.5 Å². The Morgan fingerprint density at radius 2 is 2.31 bits per heavy atom. The van der Waals surface area contributed by atoms with Crippen molar-refractivity contribution in [1.29, 1.82) is 0 Å². The summed E-state index contributed by atoms with van der Waals surface area (Å²) in [5.41, 5.74) is 0. The maximum Gasteiger partial charge on any atom is 0.322 e. The van der Waals surface area contributed by atoms with Gasteiger partial charge in [-0.2, -0.15) is 15.0 Å². The molecule has 0 atom stereocenters. The van der Waals surface area contributed by atoms with Crippen LogP contribution in [-0.4, -0.2) is 28.6 Å². The summed E-state index contributed by atoms with van der Waals surface area (Å²) in [6.45, 7) is 4.10. The molecule has 0 unspecified atom stereocenters. The molecule has 0 aliphatic rings. The molecule has 0 spiro atoms. The third-order valence-electron chi connectivity index (χ3n) is 1.17. The van der Waals surface area contributed by atoms with E-state index in [2.05, 4.69) is 26.8 Å². The SMILES string of the molecule is C=CCNc1nc(Cl)nc(OC)n1. The quantitative estimate of drug-likeness (QED) is 0.739. The Balaban J connectivity index is 2.81. The molecule has 13 heavy (non-hydrogen) atoms. The van der Waals surface area contributed by atoms with Gasteiger partial charge >= 0.3 is 6.01 Å². The van der Waals surface area contributed by atoms with Crippen molar-refractivity contribution >= 4 is 17.5 Å². The van der Waals surface area contributed by atoms with E-state index >= 15 is 0 Å². The largest absolute Gasteiger partial charge is 0.467 e. The van der Waals surface area contributed by atoms with Crippen LogP contribution >= 0.6 is 11.6 Å². The minimum atomic E-state index is 0.0958. The van der Waals surface area contributed by atoms with Crippen LogP contribution in [0, 0.1) is 0 Å². The van der Waals surface area contributed by atoms with Crippen molar-refractivity contribution in [2.75, 3.05) is 19.0 Å². The molecule has 6 heteroatoms. The van der Waals surface area contributed by atoms with Gasteiger partial charge in [0.2, 0.25) is 11.2 Å². The molecular formula is C7H9ClN4O.